The van der Waals surface area contributed by atoms with Gasteiger partial charge in [-0.2, -0.15) is 40.6 Å². The maximum absolute atomic E-state index is 12.5. The lowest BCUT2D eigenvalue weighted by Crippen LogP contribution is -2.20. The third-order valence-corrected chi connectivity index (χ3v) is 11.3. The SMILES string of the molecule is NC(=O)Nc1c(C/N=N/c2ccc(S(=O)(=O)CCOS(=O)(=O)O)cc2S(=O)(=O)O)ccc(N)c1/N=N/c1ccc(S(=O)(=O)CCOS(=O)(=O)O)cc1. The Morgan fingerprint density at radius 2 is 1.25 bits per heavy atom. The molecule has 28 heteroatoms. The number of carbonyl (C=O) groups excluding carboxylic acids is 1. The van der Waals surface area contributed by atoms with Crippen LogP contribution in [0.2, 0.25) is 0 Å². The Kier molecular flexibility index (Phi) is 13.2. The number of sulfone groups is 2. The number of urea groups is 1. The normalized spacial score (nSPS) is 13.1. The van der Waals surface area contributed by atoms with E-state index in [0.29, 0.717) is 6.07 Å². The minimum Gasteiger partial charge on any atom is -0.397 e. The summed E-state index contributed by atoms with van der Waals surface area (Å²) >= 11 is 0. The van der Waals surface area contributed by atoms with Crippen molar-refractivity contribution in [1.29, 1.82) is 0 Å². The van der Waals surface area contributed by atoms with Crippen LogP contribution in [0.4, 0.5) is 33.2 Å². The molecule has 284 valence electrons. The van der Waals surface area contributed by atoms with Gasteiger partial charge in [-0.3, -0.25) is 13.7 Å². The van der Waals surface area contributed by atoms with Gasteiger partial charge < -0.3 is 16.8 Å². The Morgan fingerprint density at radius 3 is 1.77 bits per heavy atom. The molecule has 0 aliphatic carbocycles. The Labute approximate surface area is 296 Å². The van der Waals surface area contributed by atoms with Gasteiger partial charge in [0.25, 0.3) is 10.1 Å². The van der Waals surface area contributed by atoms with Crippen LogP contribution in [-0.2, 0) is 65.5 Å². The van der Waals surface area contributed by atoms with Crippen molar-refractivity contribution in [3.8, 4) is 0 Å². The second-order valence-electron chi connectivity index (χ2n) is 9.86. The summed E-state index contributed by atoms with van der Waals surface area (Å²) in [5.74, 6) is -1.78. The van der Waals surface area contributed by atoms with Gasteiger partial charge in [-0.1, -0.05) is 6.07 Å². The van der Waals surface area contributed by atoms with Crippen LogP contribution in [0.25, 0.3) is 0 Å². The van der Waals surface area contributed by atoms with Gasteiger partial charge in [0.1, 0.15) is 16.3 Å². The molecule has 0 saturated carbocycles. The maximum atomic E-state index is 12.5. The van der Waals surface area contributed by atoms with E-state index in [9.17, 15) is 51.4 Å². The molecule has 0 fully saturated rings. The largest absolute Gasteiger partial charge is 0.397 e. The van der Waals surface area contributed by atoms with E-state index in [2.05, 4.69) is 34.1 Å². The van der Waals surface area contributed by atoms with Crippen LogP contribution in [0, 0.1) is 0 Å². The van der Waals surface area contributed by atoms with Crippen LogP contribution in [0.5, 0.6) is 0 Å². The molecule has 23 nitrogen and oxygen atoms in total. The number of rotatable bonds is 17. The topological polar surface area (TPSA) is 380 Å². The van der Waals surface area contributed by atoms with Crippen LogP contribution < -0.4 is 16.8 Å². The van der Waals surface area contributed by atoms with Crippen LogP contribution in [-0.4, -0.2) is 86.5 Å². The zero-order valence-corrected chi connectivity index (χ0v) is 29.9. The fourth-order valence-corrected chi connectivity index (χ4v) is 7.60. The first kappa shape index (κ1) is 41.9. The number of nitrogens with zero attached hydrogens (tertiary/aromatic N) is 4. The lowest BCUT2D eigenvalue weighted by atomic mass is 10.1. The summed E-state index contributed by atoms with van der Waals surface area (Å²) < 4.78 is 152. The molecule has 3 aromatic carbocycles. The molecule has 0 aliphatic rings. The lowest BCUT2D eigenvalue weighted by Gasteiger charge is -2.12. The fourth-order valence-electron chi connectivity index (χ4n) is 3.88. The summed E-state index contributed by atoms with van der Waals surface area (Å²) in [5.41, 5.74) is 10.7. The number of benzene rings is 3. The zero-order valence-electron chi connectivity index (χ0n) is 25.9. The molecule has 2 amide bonds. The van der Waals surface area contributed by atoms with Gasteiger partial charge in [0, 0.05) is 5.56 Å². The molecule has 0 saturated heterocycles. The van der Waals surface area contributed by atoms with Crippen LogP contribution in [0.15, 0.2) is 89.7 Å². The minimum absolute atomic E-state index is 0.0429. The molecule has 52 heavy (non-hydrogen) atoms. The first-order valence-corrected chi connectivity index (χ1v) is 21.0. The summed E-state index contributed by atoms with van der Waals surface area (Å²) in [6.45, 7) is -2.29. The number of primary amides is 1. The number of nitrogens with one attached hydrogen (secondary N) is 1. The minimum atomic E-state index is -5.12. The number of hydrogen-bond acceptors (Lipinski definition) is 18. The molecule has 0 aromatic heterocycles. The molecular weight excluding hydrogens is 803 g/mol. The van der Waals surface area contributed by atoms with E-state index in [1.54, 1.807) is 0 Å². The highest BCUT2D eigenvalue weighted by Gasteiger charge is 2.23. The second-order valence-corrected chi connectivity index (χ2v) is 17.7. The van der Waals surface area contributed by atoms with E-state index in [1.165, 1.54) is 24.3 Å². The van der Waals surface area contributed by atoms with Crippen molar-refractivity contribution in [2.75, 3.05) is 35.8 Å². The third-order valence-electron chi connectivity index (χ3n) is 6.16. The van der Waals surface area contributed by atoms with E-state index >= 15 is 0 Å². The number of amides is 2. The van der Waals surface area contributed by atoms with E-state index < -0.39 is 103 Å². The van der Waals surface area contributed by atoms with Gasteiger partial charge in [0.15, 0.2) is 19.7 Å². The van der Waals surface area contributed by atoms with Crippen LogP contribution >= 0.6 is 0 Å². The molecule has 0 bridgehead atoms. The molecule has 0 aliphatic heterocycles. The van der Waals surface area contributed by atoms with Gasteiger partial charge in [-0.15, -0.1) is 5.11 Å². The van der Waals surface area contributed by atoms with Gasteiger partial charge in [0.05, 0.1) is 58.1 Å². The molecule has 3 rings (SSSR count). The Hall–Kier alpha value is -4.52. The highest BCUT2D eigenvalue weighted by Crippen LogP contribution is 2.37. The van der Waals surface area contributed by atoms with Crippen LogP contribution in [0.3, 0.4) is 0 Å². The molecular formula is C24H27N7O16S5. The Morgan fingerprint density at radius 1 is 0.712 bits per heavy atom. The third kappa shape index (κ3) is 12.6. The van der Waals surface area contributed by atoms with E-state index in [4.69, 9.17) is 20.6 Å². The predicted octanol–water partition coefficient (Wildman–Crippen LogP) is 1.89. The number of nitrogen functional groups attached to an aromatic ring is 1. The van der Waals surface area contributed by atoms with Crippen molar-refractivity contribution in [2.45, 2.75) is 21.2 Å². The van der Waals surface area contributed by atoms with E-state index in [-0.39, 0.29) is 33.2 Å². The number of nitrogens with two attached hydrogens (primary N) is 2. The van der Waals surface area contributed by atoms with Crippen molar-refractivity contribution in [1.82, 2.24) is 0 Å². The average molecular weight is 830 g/mol. The number of anilines is 2. The number of hydrogen-bond donors (Lipinski definition) is 6. The first-order valence-electron chi connectivity index (χ1n) is 13.6. The van der Waals surface area contributed by atoms with Crippen molar-refractivity contribution < 1.29 is 68.9 Å². The zero-order chi connectivity index (χ0) is 39.1. The predicted molar refractivity (Wildman–Crippen MR) is 178 cm³/mol. The summed E-state index contributed by atoms with van der Waals surface area (Å²) in [5, 5.41) is 17.8. The van der Waals surface area contributed by atoms with Crippen molar-refractivity contribution in [3.05, 3.63) is 60.2 Å². The smallest absolute Gasteiger partial charge is 0.397 e. The average Bonchev–Trinajstić information content (AvgIpc) is 3.00. The van der Waals surface area contributed by atoms with Gasteiger partial charge in [-0.05, 0) is 48.5 Å². The molecule has 0 unspecified atom stereocenters. The number of azo groups is 2. The van der Waals surface area contributed by atoms with Gasteiger partial charge in [0.2, 0.25) is 0 Å². The summed E-state index contributed by atoms with van der Waals surface area (Å²) in [4.78, 5) is 9.91. The lowest BCUT2D eigenvalue weighted by molar-refractivity contribution is 0.259. The van der Waals surface area contributed by atoms with Crippen LogP contribution in [0.1, 0.15) is 5.56 Å². The summed E-state index contributed by atoms with van der Waals surface area (Å²) in [7, 11) is -23.4. The molecule has 0 atom stereocenters. The fraction of sp³-hybridized carbons (Fsp3) is 0.208. The molecule has 3 aromatic rings. The number of carbonyl (C=O) groups is 1. The van der Waals surface area contributed by atoms with Crippen molar-refractivity contribution in [3.63, 3.8) is 0 Å². The highest BCUT2D eigenvalue weighted by molar-refractivity contribution is 7.92. The van der Waals surface area contributed by atoms with Crippen molar-refractivity contribution >= 4 is 85.1 Å². The summed E-state index contributed by atoms with van der Waals surface area (Å²) in [6, 6.07) is 8.60. The second kappa shape index (κ2) is 16.4. The molecule has 0 heterocycles. The first-order chi connectivity index (χ1) is 23.9. The Bertz CT molecular complexity index is 2460. The summed E-state index contributed by atoms with van der Waals surface area (Å²) in [6.07, 6.45) is 0. The molecule has 0 radical (unpaired) electrons. The van der Waals surface area contributed by atoms with Crippen molar-refractivity contribution in [2.24, 2.45) is 26.2 Å². The monoisotopic (exact) mass is 829 g/mol. The standard InChI is InChI=1S/C24H27N7O16S5/c25-19-7-1-15(14-27-30-20-8-6-18(13-21(20)50(37,38)39)49(35,36)12-10-47-52(43,44)45)22(28-24(26)32)23(19)31-29-16-2-4-17(5-3-16)48(33,34)11-9-46-51(40,41)42/h1-8,13H,9-12,14,25H2,(H3,26,28,32)(H,37,38,39)(H,40,41,42)(H,43,44,45)/b30-27+,31-29+. The van der Waals surface area contributed by atoms with E-state index in [0.717, 1.165) is 24.3 Å². The van der Waals surface area contributed by atoms with E-state index in [1.807, 2.05) is 0 Å². The van der Waals surface area contributed by atoms with Gasteiger partial charge >= 0.3 is 26.8 Å². The Balaban J connectivity index is 1.90. The molecule has 0 spiro atoms. The quantitative estimate of drug-likeness (QED) is 0.0642. The maximum Gasteiger partial charge on any atom is 0.397 e. The highest BCUT2D eigenvalue weighted by atomic mass is 32.3. The van der Waals surface area contributed by atoms with Gasteiger partial charge in [-0.25, -0.2) is 30.0 Å². The molecule has 8 N–H and O–H groups in total.